The van der Waals surface area contributed by atoms with Crippen LogP contribution in [0.4, 0.5) is 4.39 Å². The van der Waals surface area contributed by atoms with Crippen LogP contribution in [0.15, 0.2) is 18.2 Å². The van der Waals surface area contributed by atoms with Gasteiger partial charge in [0.05, 0.1) is 0 Å². The Morgan fingerprint density at radius 3 is 2.79 bits per heavy atom. The molecule has 1 aliphatic carbocycles. The van der Waals surface area contributed by atoms with Crippen molar-refractivity contribution in [1.29, 1.82) is 0 Å². The van der Waals surface area contributed by atoms with Crippen LogP contribution in [0, 0.1) is 5.82 Å². The molecule has 19 heavy (non-hydrogen) atoms. The molecule has 0 radical (unpaired) electrons. The molecule has 0 heterocycles. The van der Waals surface area contributed by atoms with Crippen LogP contribution in [0.1, 0.15) is 43.7 Å². The number of nitrogens with zero attached hydrogens (tertiary/aromatic N) is 1. The molecule has 0 atom stereocenters. The Hall–Kier alpha value is -0.930. The van der Waals surface area contributed by atoms with Gasteiger partial charge in [0.15, 0.2) is 0 Å². The summed E-state index contributed by atoms with van der Waals surface area (Å²) >= 11 is 0. The van der Waals surface area contributed by atoms with Gasteiger partial charge in [-0.3, -0.25) is 4.90 Å². The van der Waals surface area contributed by atoms with Crippen molar-refractivity contribution < 1.29 is 4.39 Å². The Labute approximate surface area is 116 Å². The summed E-state index contributed by atoms with van der Waals surface area (Å²) in [5.41, 5.74) is 2.00. The van der Waals surface area contributed by atoms with E-state index in [4.69, 9.17) is 0 Å². The lowest BCUT2D eigenvalue weighted by Crippen LogP contribution is -2.36. The minimum absolute atomic E-state index is 0.0783. The van der Waals surface area contributed by atoms with E-state index in [0.717, 1.165) is 31.6 Å². The summed E-state index contributed by atoms with van der Waals surface area (Å²) < 4.78 is 13.9. The van der Waals surface area contributed by atoms with Crippen molar-refractivity contribution in [2.24, 2.45) is 0 Å². The second-order valence-electron chi connectivity index (χ2n) is 5.60. The zero-order valence-electron chi connectivity index (χ0n) is 12.1. The van der Waals surface area contributed by atoms with Crippen LogP contribution in [0.3, 0.4) is 0 Å². The van der Waals surface area contributed by atoms with Crippen LogP contribution in [-0.2, 0) is 13.1 Å². The van der Waals surface area contributed by atoms with E-state index >= 15 is 0 Å². The number of benzene rings is 1. The normalized spacial score (nSPS) is 15.8. The van der Waals surface area contributed by atoms with Crippen LogP contribution in [-0.4, -0.2) is 24.5 Å². The quantitative estimate of drug-likeness (QED) is 0.760. The third-order valence-corrected chi connectivity index (χ3v) is 3.98. The van der Waals surface area contributed by atoms with Crippen molar-refractivity contribution in [1.82, 2.24) is 10.2 Å². The predicted octanol–water partition coefficient (Wildman–Crippen LogP) is 3.31. The molecule has 0 aliphatic heterocycles. The Bertz CT molecular complexity index is 402. The molecule has 1 aromatic carbocycles. The average molecular weight is 264 g/mol. The lowest BCUT2D eigenvalue weighted by molar-refractivity contribution is 0.151. The molecule has 106 valence electrons. The molecule has 1 aromatic rings. The van der Waals surface area contributed by atoms with E-state index in [9.17, 15) is 4.39 Å². The molecule has 1 aliphatic rings. The van der Waals surface area contributed by atoms with E-state index in [2.05, 4.69) is 24.2 Å². The van der Waals surface area contributed by atoms with Crippen LogP contribution < -0.4 is 5.32 Å². The Morgan fingerprint density at radius 1 is 1.37 bits per heavy atom. The molecule has 1 saturated carbocycles. The second-order valence-corrected chi connectivity index (χ2v) is 5.60. The molecule has 0 amide bonds. The maximum Gasteiger partial charge on any atom is 0.127 e. The lowest BCUT2D eigenvalue weighted by atomic mass is 9.91. The largest absolute Gasteiger partial charge is 0.313 e. The average Bonchev–Trinajstić information content (AvgIpc) is 2.31. The molecule has 0 bridgehead atoms. The predicted molar refractivity (Wildman–Crippen MR) is 77.5 cm³/mol. The van der Waals surface area contributed by atoms with E-state index in [0.29, 0.717) is 6.04 Å². The molecule has 0 saturated heterocycles. The minimum Gasteiger partial charge on any atom is -0.313 e. The van der Waals surface area contributed by atoms with Gasteiger partial charge >= 0.3 is 0 Å². The van der Waals surface area contributed by atoms with E-state index in [1.165, 1.54) is 24.8 Å². The molecule has 2 nitrogen and oxygen atoms in total. The fourth-order valence-electron chi connectivity index (χ4n) is 2.49. The number of hydrogen-bond donors (Lipinski definition) is 1. The van der Waals surface area contributed by atoms with Crippen LogP contribution in [0.25, 0.3) is 0 Å². The first-order valence-corrected chi connectivity index (χ1v) is 7.39. The summed E-state index contributed by atoms with van der Waals surface area (Å²) in [4.78, 5) is 2.28. The second kappa shape index (κ2) is 7.01. The molecule has 2 rings (SSSR count). The Balaban J connectivity index is 1.95. The molecule has 0 spiro atoms. The number of halogens is 1. The summed E-state index contributed by atoms with van der Waals surface area (Å²) in [5.74, 6) is -0.0783. The number of rotatable bonds is 7. The van der Waals surface area contributed by atoms with Crippen molar-refractivity contribution in [3.05, 3.63) is 35.1 Å². The van der Waals surface area contributed by atoms with Crippen LogP contribution >= 0.6 is 0 Å². The zero-order chi connectivity index (χ0) is 13.7. The van der Waals surface area contributed by atoms with Gasteiger partial charge in [-0.25, -0.2) is 4.39 Å². The first-order chi connectivity index (χ1) is 9.20. The van der Waals surface area contributed by atoms with E-state index in [-0.39, 0.29) is 5.82 Å². The monoisotopic (exact) mass is 264 g/mol. The van der Waals surface area contributed by atoms with Gasteiger partial charge in [0.25, 0.3) is 0 Å². The highest BCUT2D eigenvalue weighted by molar-refractivity contribution is 5.25. The molecular formula is C16H25FN2. The van der Waals surface area contributed by atoms with Gasteiger partial charge in [-0.2, -0.15) is 0 Å². The summed E-state index contributed by atoms with van der Waals surface area (Å²) in [6.07, 6.45) is 4.96. The minimum atomic E-state index is -0.0783. The highest BCUT2D eigenvalue weighted by atomic mass is 19.1. The molecule has 3 heteroatoms. The lowest BCUT2D eigenvalue weighted by Gasteiger charge is -2.34. The van der Waals surface area contributed by atoms with Gasteiger partial charge in [-0.15, -0.1) is 0 Å². The summed E-state index contributed by atoms with van der Waals surface area (Å²) in [5, 5.41) is 3.36. The van der Waals surface area contributed by atoms with Gasteiger partial charge in [-0.1, -0.05) is 25.5 Å². The van der Waals surface area contributed by atoms with Gasteiger partial charge < -0.3 is 5.32 Å². The topological polar surface area (TPSA) is 15.3 Å². The maximum atomic E-state index is 13.9. The number of nitrogens with one attached hydrogen (secondary N) is 1. The summed E-state index contributed by atoms with van der Waals surface area (Å²) in [6.45, 7) is 4.71. The molecule has 1 N–H and O–H groups in total. The van der Waals surface area contributed by atoms with E-state index in [1.807, 2.05) is 12.1 Å². The van der Waals surface area contributed by atoms with E-state index in [1.54, 1.807) is 6.07 Å². The maximum absolute atomic E-state index is 13.9. The van der Waals surface area contributed by atoms with Crippen molar-refractivity contribution in [2.45, 2.75) is 51.7 Å². The van der Waals surface area contributed by atoms with Crippen molar-refractivity contribution >= 4 is 0 Å². The Kier molecular flexibility index (Phi) is 5.34. The molecular weight excluding hydrogens is 239 g/mol. The fraction of sp³-hybridized carbons (Fsp3) is 0.625. The third kappa shape index (κ3) is 4.02. The fourth-order valence-corrected chi connectivity index (χ4v) is 2.49. The van der Waals surface area contributed by atoms with E-state index < -0.39 is 0 Å². The van der Waals surface area contributed by atoms with Crippen molar-refractivity contribution in [3.8, 4) is 0 Å². The standard InChI is InChI=1S/C16H25FN2/c1-3-9-18-11-13-7-8-16(17)14(10-13)12-19(2)15-5-4-6-15/h7-8,10,15,18H,3-6,9,11-12H2,1-2H3. The van der Waals surface area contributed by atoms with Crippen LogP contribution in [0.2, 0.25) is 0 Å². The highest BCUT2D eigenvalue weighted by Gasteiger charge is 2.22. The first kappa shape index (κ1) is 14.5. The summed E-state index contributed by atoms with van der Waals surface area (Å²) in [7, 11) is 2.10. The Morgan fingerprint density at radius 2 is 2.16 bits per heavy atom. The van der Waals surface area contributed by atoms with Crippen molar-refractivity contribution in [3.63, 3.8) is 0 Å². The highest BCUT2D eigenvalue weighted by Crippen LogP contribution is 2.25. The third-order valence-electron chi connectivity index (χ3n) is 3.98. The van der Waals surface area contributed by atoms with Gasteiger partial charge in [-0.05, 0) is 44.5 Å². The molecule has 1 fully saturated rings. The number of hydrogen-bond acceptors (Lipinski definition) is 2. The zero-order valence-corrected chi connectivity index (χ0v) is 12.1. The van der Waals surface area contributed by atoms with Gasteiger partial charge in [0.2, 0.25) is 0 Å². The summed E-state index contributed by atoms with van der Waals surface area (Å²) in [6, 6.07) is 6.14. The van der Waals surface area contributed by atoms with Gasteiger partial charge in [0, 0.05) is 24.7 Å². The molecule has 0 aromatic heterocycles. The SMILES string of the molecule is CCCNCc1ccc(F)c(CN(C)C2CCC2)c1. The molecule has 0 unspecified atom stereocenters. The van der Waals surface area contributed by atoms with Crippen LogP contribution in [0.5, 0.6) is 0 Å². The van der Waals surface area contributed by atoms with Gasteiger partial charge in [0.1, 0.15) is 5.82 Å². The van der Waals surface area contributed by atoms with Crippen molar-refractivity contribution in [2.75, 3.05) is 13.6 Å². The smallest absolute Gasteiger partial charge is 0.127 e. The first-order valence-electron chi connectivity index (χ1n) is 7.39.